The van der Waals surface area contributed by atoms with E-state index in [-0.39, 0.29) is 12.8 Å². The highest BCUT2D eigenvalue weighted by molar-refractivity contribution is 7.47. The van der Waals surface area contributed by atoms with E-state index in [9.17, 15) is 44.6 Å². The highest BCUT2D eigenvalue weighted by Gasteiger charge is 2.51. The first-order chi connectivity index (χ1) is 30.4. The van der Waals surface area contributed by atoms with E-state index in [1.165, 1.54) is 89.9 Å². The number of esters is 2. The Balaban J connectivity index is 2.50. The standard InChI is InChI=1S/C49H85O13P/c1-3-5-7-9-11-13-15-17-19-20-21-22-24-26-28-30-32-34-36-38-43(51)61-41(40-60-63(57,58)62-49-47(55)45(53)44(52)46(54)48(49)56)39-59-42(50)37-35-33-31-29-27-25-23-18-16-14-12-10-8-6-4-2/h11,13,17,19,21-22,26,28,32,34,41,44-49,52-56H,3-10,12,14-16,18,20,23-25,27,29-31,33,35-40H2,1-2H3,(H,57,58)/b13-11-,19-17-,22-21-,28-26-,34-32-/t41-,44?,45-,46?,47?,48?,49?/m1/s1. The molecule has 1 rings (SSSR count). The van der Waals surface area contributed by atoms with Gasteiger partial charge in [0, 0.05) is 12.8 Å². The molecule has 0 radical (unpaired) electrons. The number of carbonyl (C=O) groups is 2. The Labute approximate surface area is 379 Å². The Kier molecular flexibility index (Phi) is 36.1. The molecule has 0 saturated heterocycles. The minimum Gasteiger partial charge on any atom is -0.462 e. The minimum absolute atomic E-state index is 0.0272. The average Bonchev–Trinajstić information content (AvgIpc) is 3.26. The topological polar surface area (TPSA) is 210 Å². The quantitative estimate of drug-likeness (QED) is 0.0147. The van der Waals surface area contributed by atoms with E-state index in [0.717, 1.165) is 44.9 Å². The number of aliphatic hydroxyl groups is 5. The third-order valence-corrected chi connectivity index (χ3v) is 11.9. The maximum absolute atomic E-state index is 12.8. The Morgan fingerprint density at radius 1 is 0.492 bits per heavy atom. The molecule has 14 heteroatoms. The monoisotopic (exact) mass is 913 g/mol. The maximum Gasteiger partial charge on any atom is 0.472 e. The Morgan fingerprint density at radius 3 is 1.37 bits per heavy atom. The van der Waals surface area contributed by atoms with Crippen molar-refractivity contribution in [3.8, 4) is 0 Å². The molecular weight excluding hydrogens is 828 g/mol. The molecule has 0 amide bonds. The summed E-state index contributed by atoms with van der Waals surface area (Å²) in [6, 6.07) is 0. The van der Waals surface area contributed by atoms with Gasteiger partial charge in [0.15, 0.2) is 6.10 Å². The van der Waals surface area contributed by atoms with Gasteiger partial charge >= 0.3 is 19.8 Å². The van der Waals surface area contributed by atoms with Crippen LogP contribution in [0.25, 0.3) is 0 Å². The molecule has 1 fully saturated rings. The molecule has 1 saturated carbocycles. The molecule has 0 aromatic heterocycles. The Hall–Kier alpha value is -2.45. The van der Waals surface area contributed by atoms with E-state index in [2.05, 4.69) is 56.4 Å². The van der Waals surface area contributed by atoms with Gasteiger partial charge in [0.2, 0.25) is 0 Å². The van der Waals surface area contributed by atoms with E-state index in [0.29, 0.717) is 19.3 Å². The fraction of sp³-hybridized carbons (Fsp3) is 0.755. The van der Waals surface area contributed by atoms with Gasteiger partial charge in [0.1, 0.15) is 43.2 Å². The van der Waals surface area contributed by atoms with Crippen molar-refractivity contribution in [1.82, 2.24) is 0 Å². The van der Waals surface area contributed by atoms with Crippen LogP contribution in [0.15, 0.2) is 60.8 Å². The molecule has 0 bridgehead atoms. The predicted octanol–water partition coefficient (Wildman–Crippen LogP) is 9.73. The number of rotatable bonds is 39. The van der Waals surface area contributed by atoms with Gasteiger partial charge in [-0.3, -0.25) is 18.6 Å². The fourth-order valence-corrected chi connectivity index (χ4v) is 7.95. The van der Waals surface area contributed by atoms with E-state index in [1.54, 1.807) is 0 Å². The number of phosphoric ester groups is 1. The molecule has 8 atom stereocenters. The van der Waals surface area contributed by atoms with Gasteiger partial charge in [-0.1, -0.05) is 177 Å². The number of aliphatic hydroxyl groups excluding tert-OH is 5. The van der Waals surface area contributed by atoms with Gasteiger partial charge in [-0.25, -0.2) is 4.57 Å². The second kappa shape index (κ2) is 38.8. The number of ether oxygens (including phenoxy) is 2. The van der Waals surface area contributed by atoms with E-state index < -0.39 is 75.7 Å². The zero-order valence-electron chi connectivity index (χ0n) is 38.6. The summed E-state index contributed by atoms with van der Waals surface area (Å²) in [4.78, 5) is 35.7. The first kappa shape index (κ1) is 58.6. The van der Waals surface area contributed by atoms with Gasteiger partial charge < -0.3 is 39.9 Å². The summed E-state index contributed by atoms with van der Waals surface area (Å²) in [5, 5.41) is 50.2. The van der Waals surface area contributed by atoms with E-state index in [4.69, 9.17) is 18.5 Å². The normalized spacial score (nSPS) is 22.2. The van der Waals surface area contributed by atoms with Gasteiger partial charge in [-0.05, 0) is 51.4 Å². The SMILES string of the molecule is CCCCC/C=C\C/C=C\C/C=C\C/C=C\C/C=C\CCC(=O)O[C@H](COC(=O)CCCCCCCCCCCCCCCCC)COP(=O)(O)OC1C(O)C(O)C(O)[C@@H](O)C1O. The van der Waals surface area contributed by atoms with Crippen LogP contribution in [0.4, 0.5) is 0 Å². The Morgan fingerprint density at radius 2 is 0.889 bits per heavy atom. The smallest absolute Gasteiger partial charge is 0.462 e. The molecule has 63 heavy (non-hydrogen) atoms. The molecule has 0 spiro atoms. The molecule has 364 valence electrons. The van der Waals surface area contributed by atoms with Crippen molar-refractivity contribution in [2.24, 2.45) is 0 Å². The zero-order chi connectivity index (χ0) is 46.4. The number of unbranched alkanes of at least 4 members (excludes halogenated alkanes) is 17. The van der Waals surface area contributed by atoms with E-state index >= 15 is 0 Å². The van der Waals surface area contributed by atoms with Crippen LogP contribution in [-0.2, 0) is 32.7 Å². The summed E-state index contributed by atoms with van der Waals surface area (Å²) in [5.74, 6) is -1.19. The lowest BCUT2D eigenvalue weighted by molar-refractivity contribution is -0.220. The van der Waals surface area contributed by atoms with Crippen LogP contribution in [0.1, 0.15) is 181 Å². The predicted molar refractivity (Wildman–Crippen MR) is 249 cm³/mol. The van der Waals surface area contributed by atoms with Crippen molar-refractivity contribution in [1.29, 1.82) is 0 Å². The third kappa shape index (κ3) is 31.2. The average molecular weight is 913 g/mol. The fourth-order valence-electron chi connectivity index (χ4n) is 6.98. The lowest BCUT2D eigenvalue weighted by atomic mass is 9.85. The van der Waals surface area contributed by atoms with Crippen LogP contribution < -0.4 is 0 Å². The first-order valence-electron chi connectivity index (χ1n) is 24.1. The summed E-state index contributed by atoms with van der Waals surface area (Å²) in [6.45, 7) is 3.22. The zero-order valence-corrected chi connectivity index (χ0v) is 39.5. The van der Waals surface area contributed by atoms with Crippen LogP contribution >= 0.6 is 7.82 Å². The summed E-state index contributed by atoms with van der Waals surface area (Å²) in [5.41, 5.74) is 0. The summed E-state index contributed by atoms with van der Waals surface area (Å²) >= 11 is 0. The number of carbonyl (C=O) groups excluding carboxylic acids is 2. The van der Waals surface area contributed by atoms with Crippen LogP contribution in [-0.4, -0.2) is 98.3 Å². The van der Waals surface area contributed by atoms with Crippen molar-refractivity contribution < 1.29 is 63.1 Å². The van der Waals surface area contributed by atoms with Gasteiger partial charge in [0.25, 0.3) is 0 Å². The molecule has 1 aliphatic carbocycles. The van der Waals surface area contributed by atoms with Crippen LogP contribution in [0.2, 0.25) is 0 Å². The second-order valence-corrected chi connectivity index (χ2v) is 18.0. The number of hydrogen-bond acceptors (Lipinski definition) is 12. The van der Waals surface area contributed by atoms with Crippen molar-refractivity contribution >= 4 is 19.8 Å². The van der Waals surface area contributed by atoms with Gasteiger partial charge in [0.05, 0.1) is 6.61 Å². The molecule has 0 aromatic rings. The number of allylic oxidation sites excluding steroid dienone is 10. The van der Waals surface area contributed by atoms with Crippen LogP contribution in [0.5, 0.6) is 0 Å². The molecule has 0 aliphatic heterocycles. The highest BCUT2D eigenvalue weighted by atomic mass is 31.2. The van der Waals surface area contributed by atoms with Crippen molar-refractivity contribution in [3.05, 3.63) is 60.8 Å². The molecule has 6 unspecified atom stereocenters. The highest BCUT2D eigenvalue weighted by Crippen LogP contribution is 2.47. The van der Waals surface area contributed by atoms with E-state index in [1.807, 2.05) is 18.2 Å². The van der Waals surface area contributed by atoms with Crippen molar-refractivity contribution in [2.45, 2.75) is 224 Å². The van der Waals surface area contributed by atoms with Crippen molar-refractivity contribution in [2.75, 3.05) is 13.2 Å². The van der Waals surface area contributed by atoms with Crippen LogP contribution in [0, 0.1) is 0 Å². The molecule has 13 nitrogen and oxygen atoms in total. The second-order valence-electron chi connectivity index (χ2n) is 16.6. The Bertz CT molecular complexity index is 1330. The summed E-state index contributed by atoms with van der Waals surface area (Å²) in [6.07, 6.45) is 34.3. The number of phosphoric acid groups is 1. The first-order valence-corrected chi connectivity index (χ1v) is 25.6. The molecule has 6 N–H and O–H groups in total. The maximum atomic E-state index is 12.8. The van der Waals surface area contributed by atoms with Gasteiger partial charge in [-0.15, -0.1) is 0 Å². The van der Waals surface area contributed by atoms with Crippen LogP contribution in [0.3, 0.4) is 0 Å². The molecule has 1 aliphatic rings. The van der Waals surface area contributed by atoms with Gasteiger partial charge in [-0.2, -0.15) is 0 Å². The summed E-state index contributed by atoms with van der Waals surface area (Å²) in [7, 11) is -5.14. The lowest BCUT2D eigenvalue weighted by Crippen LogP contribution is -2.64. The molecule has 0 heterocycles. The molecule has 0 aromatic carbocycles. The molecular formula is C49H85O13P. The number of hydrogen-bond donors (Lipinski definition) is 6. The van der Waals surface area contributed by atoms with Crippen molar-refractivity contribution in [3.63, 3.8) is 0 Å². The third-order valence-electron chi connectivity index (χ3n) is 10.9. The largest absolute Gasteiger partial charge is 0.472 e. The lowest BCUT2D eigenvalue weighted by Gasteiger charge is -2.41. The minimum atomic E-state index is -5.14. The summed E-state index contributed by atoms with van der Waals surface area (Å²) < 4.78 is 33.5.